The average Bonchev–Trinajstić information content (AvgIpc) is 3.66. The minimum Gasteiger partial charge on any atom is -0.343 e. The molecule has 5 nitrogen and oxygen atoms in total. The number of halogens is 1. The van der Waals surface area contributed by atoms with E-state index in [4.69, 9.17) is 0 Å². The number of rotatable bonds is 4. The lowest BCUT2D eigenvalue weighted by atomic mass is 9.98. The van der Waals surface area contributed by atoms with Crippen molar-refractivity contribution in [3.05, 3.63) is 83.1 Å². The van der Waals surface area contributed by atoms with Crippen LogP contribution in [0.25, 0.3) is 0 Å². The molecule has 0 radical (unpaired) electrons. The number of hydrogen-bond acceptors (Lipinski definition) is 4. The van der Waals surface area contributed by atoms with Gasteiger partial charge in [0, 0.05) is 29.4 Å². The molecule has 3 aliphatic rings. The molecule has 3 aromatic rings. The summed E-state index contributed by atoms with van der Waals surface area (Å²) in [5, 5.41) is 3.19. The number of aromatic nitrogens is 2. The van der Waals surface area contributed by atoms with Gasteiger partial charge < -0.3 is 10.2 Å². The van der Waals surface area contributed by atoms with Crippen molar-refractivity contribution < 1.29 is 9.18 Å². The summed E-state index contributed by atoms with van der Waals surface area (Å²) in [5.41, 5.74) is 3.87. The number of anilines is 2. The predicted octanol–water partition coefficient (Wildman–Crippen LogP) is 4.35. The number of hydrogen-bond donors (Lipinski definition) is 1. The summed E-state index contributed by atoms with van der Waals surface area (Å²) >= 11 is 0. The molecular formula is C24H21FN4O. The predicted molar refractivity (Wildman–Crippen MR) is 111 cm³/mol. The SMILES string of the molecule is Cc1nccc(N2c3ccc(C4(NC(=O)c5ccc(F)cc5)CC4)cc3[C@@H]3C[C@@H]32)n1. The quantitative estimate of drug-likeness (QED) is 0.707. The van der Waals surface area contributed by atoms with Gasteiger partial charge in [0.25, 0.3) is 5.91 Å². The topological polar surface area (TPSA) is 58.1 Å². The number of carbonyl (C=O) groups is 1. The fourth-order valence-electron chi connectivity index (χ4n) is 4.72. The zero-order valence-electron chi connectivity index (χ0n) is 16.6. The zero-order chi connectivity index (χ0) is 20.5. The van der Waals surface area contributed by atoms with Gasteiger partial charge in [0.2, 0.25) is 0 Å². The molecule has 6 heteroatoms. The average molecular weight is 400 g/mol. The van der Waals surface area contributed by atoms with Crippen LogP contribution in [-0.4, -0.2) is 21.9 Å². The Kier molecular flexibility index (Phi) is 3.58. The van der Waals surface area contributed by atoms with Gasteiger partial charge in [0.15, 0.2) is 0 Å². The van der Waals surface area contributed by atoms with Gasteiger partial charge in [-0.15, -0.1) is 0 Å². The van der Waals surface area contributed by atoms with Gasteiger partial charge in [0.05, 0.1) is 5.54 Å². The Hall–Kier alpha value is -3.28. The fraction of sp³-hybridized carbons (Fsp3) is 0.292. The number of nitrogens with zero attached hydrogens (tertiary/aromatic N) is 3. The normalized spacial score (nSPS) is 22.3. The number of fused-ring (bicyclic) bond motifs is 3. The van der Waals surface area contributed by atoms with E-state index < -0.39 is 0 Å². The van der Waals surface area contributed by atoms with Gasteiger partial charge in [-0.3, -0.25) is 4.79 Å². The van der Waals surface area contributed by atoms with Crippen molar-refractivity contribution in [1.82, 2.24) is 15.3 Å². The number of nitrogens with one attached hydrogen (secondary N) is 1. The number of carbonyl (C=O) groups excluding carboxylic acids is 1. The van der Waals surface area contributed by atoms with Crippen LogP contribution in [0.15, 0.2) is 54.7 Å². The summed E-state index contributed by atoms with van der Waals surface area (Å²) in [7, 11) is 0. The van der Waals surface area contributed by atoms with Gasteiger partial charge in [-0.2, -0.15) is 0 Å². The second-order valence-electron chi connectivity index (χ2n) is 8.56. The van der Waals surface area contributed by atoms with E-state index in [9.17, 15) is 9.18 Å². The first kappa shape index (κ1) is 17.6. The van der Waals surface area contributed by atoms with Crippen molar-refractivity contribution in [1.29, 1.82) is 0 Å². The Morgan fingerprint density at radius 2 is 1.97 bits per heavy atom. The maximum Gasteiger partial charge on any atom is 0.251 e. The van der Waals surface area contributed by atoms with Crippen molar-refractivity contribution in [2.45, 2.75) is 43.7 Å². The maximum absolute atomic E-state index is 13.2. The van der Waals surface area contributed by atoms with Crippen LogP contribution >= 0.6 is 0 Å². The van der Waals surface area contributed by atoms with Crippen LogP contribution in [0.2, 0.25) is 0 Å². The van der Waals surface area contributed by atoms with E-state index >= 15 is 0 Å². The van der Waals surface area contributed by atoms with Gasteiger partial charge in [-0.25, -0.2) is 14.4 Å². The molecule has 1 amide bonds. The number of amides is 1. The van der Waals surface area contributed by atoms with E-state index in [1.165, 1.54) is 35.5 Å². The van der Waals surface area contributed by atoms with Gasteiger partial charge in [-0.1, -0.05) is 12.1 Å². The van der Waals surface area contributed by atoms with Crippen LogP contribution in [0, 0.1) is 12.7 Å². The molecule has 2 aromatic carbocycles. The van der Waals surface area contributed by atoms with E-state index in [0.29, 0.717) is 17.5 Å². The largest absolute Gasteiger partial charge is 0.343 e. The Morgan fingerprint density at radius 1 is 1.17 bits per heavy atom. The zero-order valence-corrected chi connectivity index (χ0v) is 16.6. The van der Waals surface area contributed by atoms with Gasteiger partial charge >= 0.3 is 0 Å². The maximum atomic E-state index is 13.2. The molecule has 1 aliphatic heterocycles. The highest BCUT2D eigenvalue weighted by atomic mass is 19.1. The molecule has 2 atom stereocenters. The molecule has 2 saturated carbocycles. The minimum absolute atomic E-state index is 0.157. The molecule has 2 aliphatic carbocycles. The van der Waals surface area contributed by atoms with Crippen molar-refractivity contribution in [3.63, 3.8) is 0 Å². The molecule has 30 heavy (non-hydrogen) atoms. The molecule has 2 heterocycles. The van der Waals surface area contributed by atoms with Gasteiger partial charge in [0.1, 0.15) is 17.5 Å². The van der Waals surface area contributed by atoms with Gasteiger partial charge in [-0.05, 0) is 73.7 Å². The highest BCUT2D eigenvalue weighted by molar-refractivity contribution is 5.95. The second-order valence-corrected chi connectivity index (χ2v) is 8.56. The smallest absolute Gasteiger partial charge is 0.251 e. The van der Waals surface area contributed by atoms with Crippen LogP contribution < -0.4 is 10.2 Å². The lowest BCUT2D eigenvalue weighted by Gasteiger charge is -2.23. The molecule has 6 rings (SSSR count). The highest BCUT2D eigenvalue weighted by Crippen LogP contribution is 2.59. The third-order valence-electron chi connectivity index (χ3n) is 6.54. The Balaban J connectivity index is 1.29. The van der Waals surface area contributed by atoms with Crippen LogP contribution in [0.5, 0.6) is 0 Å². The molecule has 0 saturated heterocycles. The Bertz CT molecular complexity index is 1170. The molecular weight excluding hydrogens is 379 g/mol. The van der Waals surface area contributed by atoms with E-state index in [1.54, 1.807) is 0 Å². The summed E-state index contributed by atoms with van der Waals surface area (Å²) in [6, 6.07) is 14.7. The number of aryl methyl sites for hydroxylation is 1. The van der Waals surface area contributed by atoms with E-state index in [2.05, 4.69) is 38.4 Å². The van der Waals surface area contributed by atoms with E-state index in [1.807, 2.05) is 19.2 Å². The molecule has 1 N–H and O–H groups in total. The van der Waals surface area contributed by atoms with Crippen molar-refractivity contribution >= 4 is 17.4 Å². The first-order chi connectivity index (χ1) is 14.5. The van der Waals surface area contributed by atoms with Crippen molar-refractivity contribution in [2.24, 2.45) is 0 Å². The van der Waals surface area contributed by atoms with Crippen LogP contribution in [0.4, 0.5) is 15.9 Å². The summed E-state index contributed by atoms with van der Waals surface area (Å²) in [6.45, 7) is 1.91. The highest BCUT2D eigenvalue weighted by Gasteiger charge is 2.53. The first-order valence-electron chi connectivity index (χ1n) is 10.4. The molecule has 150 valence electrons. The van der Waals surface area contributed by atoms with Crippen LogP contribution in [-0.2, 0) is 5.54 Å². The second kappa shape index (κ2) is 6.11. The van der Waals surface area contributed by atoms with Crippen LogP contribution in [0.1, 0.15) is 52.5 Å². The minimum atomic E-state index is -0.339. The number of benzene rings is 2. The molecule has 0 unspecified atom stereocenters. The Labute approximate surface area is 174 Å². The lowest BCUT2D eigenvalue weighted by Crippen LogP contribution is -2.34. The Morgan fingerprint density at radius 3 is 2.70 bits per heavy atom. The monoisotopic (exact) mass is 400 g/mol. The summed E-state index contributed by atoms with van der Waals surface area (Å²) in [6.07, 6.45) is 4.78. The molecule has 0 spiro atoms. The molecule has 2 fully saturated rings. The summed E-state index contributed by atoms with van der Waals surface area (Å²) in [4.78, 5) is 23.9. The molecule has 0 bridgehead atoms. The third-order valence-corrected chi connectivity index (χ3v) is 6.54. The van der Waals surface area contributed by atoms with E-state index in [0.717, 1.165) is 36.5 Å². The fourth-order valence-corrected chi connectivity index (χ4v) is 4.72. The van der Waals surface area contributed by atoms with Crippen molar-refractivity contribution in [2.75, 3.05) is 4.90 Å². The standard InChI is InChI=1S/C24H21FN4O/c1-14-26-11-8-22(27-14)29-20-7-4-16(12-18(20)19-13-21(19)29)24(9-10-24)28-23(30)15-2-5-17(25)6-3-15/h2-8,11-12,19,21H,9-10,13H2,1H3,(H,28,30)/t19-,21-/m0/s1. The summed E-state index contributed by atoms with van der Waals surface area (Å²) < 4.78 is 13.2. The van der Waals surface area contributed by atoms with Crippen LogP contribution in [0.3, 0.4) is 0 Å². The molecule has 1 aromatic heterocycles. The summed E-state index contributed by atoms with van der Waals surface area (Å²) in [5.74, 6) is 1.75. The first-order valence-corrected chi connectivity index (χ1v) is 10.4. The lowest BCUT2D eigenvalue weighted by molar-refractivity contribution is 0.0930. The van der Waals surface area contributed by atoms with E-state index in [-0.39, 0.29) is 17.3 Å². The van der Waals surface area contributed by atoms with Crippen molar-refractivity contribution in [3.8, 4) is 0 Å². The third kappa shape index (κ3) is 2.70.